The Bertz CT molecular complexity index is 678. The molecule has 0 atom stereocenters. The highest BCUT2D eigenvalue weighted by Crippen LogP contribution is 2.30. The summed E-state index contributed by atoms with van der Waals surface area (Å²) < 4.78 is 4.78. The molecule has 0 bridgehead atoms. The Labute approximate surface area is 117 Å². The molecule has 0 unspecified atom stereocenters. The maximum Gasteiger partial charge on any atom is 0.337 e. The second-order valence-corrected chi connectivity index (χ2v) is 4.59. The second-order valence-electron chi connectivity index (χ2n) is 4.59. The van der Waals surface area contributed by atoms with Crippen LogP contribution in [0.4, 0.5) is 0 Å². The first-order valence-corrected chi connectivity index (χ1v) is 6.49. The highest BCUT2D eigenvalue weighted by Gasteiger charge is 2.18. The minimum absolute atomic E-state index is 0.327. The predicted octanol–water partition coefficient (Wildman–Crippen LogP) is 2.64. The SMILES string of the molecule is COC(=O)c1ccc2c(c1)C(c1ncccn1)=CCC2. The van der Waals surface area contributed by atoms with E-state index in [1.54, 1.807) is 24.5 Å². The van der Waals surface area contributed by atoms with Gasteiger partial charge in [0.05, 0.1) is 12.7 Å². The van der Waals surface area contributed by atoms with E-state index in [2.05, 4.69) is 16.0 Å². The number of ether oxygens (including phenoxy) is 1. The van der Waals surface area contributed by atoms with Crippen molar-refractivity contribution in [1.29, 1.82) is 0 Å². The first-order chi connectivity index (χ1) is 9.79. The quantitative estimate of drug-likeness (QED) is 0.784. The monoisotopic (exact) mass is 266 g/mol. The molecule has 0 fully saturated rings. The minimum Gasteiger partial charge on any atom is -0.465 e. The Balaban J connectivity index is 2.09. The van der Waals surface area contributed by atoms with Crippen LogP contribution in [0.25, 0.3) is 5.57 Å². The Morgan fingerprint density at radius 1 is 1.25 bits per heavy atom. The zero-order chi connectivity index (χ0) is 13.9. The van der Waals surface area contributed by atoms with Gasteiger partial charge in [0.25, 0.3) is 0 Å². The number of esters is 1. The predicted molar refractivity (Wildman–Crippen MR) is 75.2 cm³/mol. The zero-order valence-corrected chi connectivity index (χ0v) is 11.2. The summed E-state index contributed by atoms with van der Waals surface area (Å²) in [6, 6.07) is 7.44. The van der Waals surface area contributed by atoms with Crippen molar-refractivity contribution in [2.45, 2.75) is 12.8 Å². The number of aryl methyl sites for hydroxylation is 1. The van der Waals surface area contributed by atoms with Crippen LogP contribution in [-0.4, -0.2) is 23.0 Å². The van der Waals surface area contributed by atoms with E-state index in [0.29, 0.717) is 11.4 Å². The third-order valence-corrected chi connectivity index (χ3v) is 3.39. The van der Waals surface area contributed by atoms with Gasteiger partial charge in [-0.25, -0.2) is 14.8 Å². The van der Waals surface area contributed by atoms with Crippen molar-refractivity contribution in [3.63, 3.8) is 0 Å². The first-order valence-electron chi connectivity index (χ1n) is 6.49. The van der Waals surface area contributed by atoms with Gasteiger partial charge in [-0.05, 0) is 42.2 Å². The Morgan fingerprint density at radius 2 is 2.05 bits per heavy atom. The van der Waals surface area contributed by atoms with E-state index in [0.717, 1.165) is 24.0 Å². The van der Waals surface area contributed by atoms with Gasteiger partial charge in [-0.3, -0.25) is 0 Å². The zero-order valence-electron chi connectivity index (χ0n) is 11.2. The van der Waals surface area contributed by atoms with Gasteiger partial charge < -0.3 is 4.74 Å². The second kappa shape index (κ2) is 5.25. The van der Waals surface area contributed by atoms with Crippen LogP contribution in [0.3, 0.4) is 0 Å². The third-order valence-electron chi connectivity index (χ3n) is 3.39. The summed E-state index contributed by atoms with van der Waals surface area (Å²) in [6.45, 7) is 0. The number of carbonyl (C=O) groups excluding carboxylic acids is 1. The molecule has 0 aliphatic heterocycles. The number of aromatic nitrogens is 2. The van der Waals surface area contributed by atoms with Crippen molar-refractivity contribution in [1.82, 2.24) is 9.97 Å². The fraction of sp³-hybridized carbons (Fsp3) is 0.188. The van der Waals surface area contributed by atoms with E-state index in [1.165, 1.54) is 12.7 Å². The topological polar surface area (TPSA) is 52.1 Å². The van der Waals surface area contributed by atoms with E-state index < -0.39 is 0 Å². The van der Waals surface area contributed by atoms with E-state index in [9.17, 15) is 4.79 Å². The molecule has 1 heterocycles. The van der Waals surface area contributed by atoms with Crippen molar-refractivity contribution in [2.75, 3.05) is 7.11 Å². The number of benzene rings is 1. The van der Waals surface area contributed by atoms with E-state index in [-0.39, 0.29) is 5.97 Å². The molecule has 4 heteroatoms. The number of hydrogen-bond donors (Lipinski definition) is 0. The van der Waals surface area contributed by atoms with Crippen LogP contribution < -0.4 is 0 Å². The van der Waals surface area contributed by atoms with Crippen molar-refractivity contribution in [2.24, 2.45) is 0 Å². The van der Waals surface area contributed by atoms with Gasteiger partial charge in [0, 0.05) is 18.0 Å². The van der Waals surface area contributed by atoms with Gasteiger partial charge >= 0.3 is 5.97 Å². The summed E-state index contributed by atoms with van der Waals surface area (Å²) in [6.07, 6.45) is 7.49. The molecule has 0 spiro atoms. The van der Waals surface area contributed by atoms with Crippen LogP contribution in [0, 0.1) is 0 Å². The maximum atomic E-state index is 11.7. The van der Waals surface area contributed by atoms with Crippen molar-refractivity contribution < 1.29 is 9.53 Å². The van der Waals surface area contributed by atoms with Gasteiger partial charge in [0.1, 0.15) is 0 Å². The van der Waals surface area contributed by atoms with Gasteiger partial charge in [-0.1, -0.05) is 12.1 Å². The van der Waals surface area contributed by atoms with Gasteiger partial charge in [-0.2, -0.15) is 0 Å². The Hall–Kier alpha value is -2.49. The molecule has 1 aromatic heterocycles. The molecule has 0 amide bonds. The molecule has 1 aliphatic rings. The Morgan fingerprint density at radius 3 is 2.80 bits per heavy atom. The number of methoxy groups -OCH3 is 1. The molecule has 20 heavy (non-hydrogen) atoms. The lowest BCUT2D eigenvalue weighted by Crippen LogP contribution is -2.07. The van der Waals surface area contributed by atoms with Gasteiger partial charge in [-0.15, -0.1) is 0 Å². The largest absolute Gasteiger partial charge is 0.465 e. The summed E-state index contributed by atoms with van der Waals surface area (Å²) in [7, 11) is 1.39. The summed E-state index contributed by atoms with van der Waals surface area (Å²) >= 11 is 0. The molecule has 0 saturated carbocycles. The maximum absolute atomic E-state index is 11.7. The molecule has 1 aliphatic carbocycles. The molecule has 0 saturated heterocycles. The minimum atomic E-state index is -0.327. The van der Waals surface area contributed by atoms with Crippen LogP contribution in [-0.2, 0) is 11.2 Å². The Kier molecular flexibility index (Phi) is 3.29. The molecule has 1 aromatic carbocycles. The molecule has 3 rings (SSSR count). The third kappa shape index (κ3) is 2.20. The lowest BCUT2D eigenvalue weighted by Gasteiger charge is -2.17. The molecule has 0 radical (unpaired) electrons. The molecular formula is C16H14N2O2. The van der Waals surface area contributed by atoms with E-state index >= 15 is 0 Å². The smallest absolute Gasteiger partial charge is 0.337 e. The van der Waals surface area contributed by atoms with Gasteiger partial charge in [0.15, 0.2) is 5.82 Å². The number of hydrogen-bond acceptors (Lipinski definition) is 4. The summed E-state index contributed by atoms with van der Waals surface area (Å²) in [5, 5.41) is 0. The number of rotatable bonds is 2. The normalized spacial score (nSPS) is 13.3. The van der Waals surface area contributed by atoms with Crippen LogP contribution in [0.5, 0.6) is 0 Å². The first kappa shape index (κ1) is 12.5. The number of fused-ring (bicyclic) bond motifs is 1. The van der Waals surface area contributed by atoms with Crippen molar-refractivity contribution in [3.05, 3.63) is 65.2 Å². The van der Waals surface area contributed by atoms with Crippen LogP contribution >= 0.6 is 0 Å². The highest BCUT2D eigenvalue weighted by atomic mass is 16.5. The number of allylic oxidation sites excluding steroid dienone is 1. The molecule has 2 aromatic rings. The van der Waals surface area contributed by atoms with Gasteiger partial charge in [0.2, 0.25) is 0 Å². The van der Waals surface area contributed by atoms with Crippen molar-refractivity contribution in [3.8, 4) is 0 Å². The summed E-state index contributed by atoms with van der Waals surface area (Å²) in [5.74, 6) is 0.363. The fourth-order valence-electron chi connectivity index (χ4n) is 2.42. The molecular weight excluding hydrogens is 252 g/mol. The molecule has 0 N–H and O–H groups in total. The fourth-order valence-corrected chi connectivity index (χ4v) is 2.42. The standard InChI is InChI=1S/C16H14N2O2/c1-20-16(19)12-7-6-11-4-2-5-13(14(11)10-12)15-17-8-3-9-18-15/h3,5-10H,2,4H2,1H3. The van der Waals surface area contributed by atoms with Crippen molar-refractivity contribution >= 4 is 11.5 Å². The highest BCUT2D eigenvalue weighted by molar-refractivity contribution is 5.92. The number of nitrogens with zero attached hydrogens (tertiary/aromatic N) is 2. The van der Waals surface area contributed by atoms with E-state index in [4.69, 9.17) is 4.74 Å². The van der Waals surface area contributed by atoms with Crippen LogP contribution in [0.2, 0.25) is 0 Å². The number of carbonyl (C=O) groups is 1. The molecule has 100 valence electrons. The van der Waals surface area contributed by atoms with Crippen LogP contribution in [0.1, 0.15) is 33.7 Å². The average molecular weight is 266 g/mol. The molecule has 4 nitrogen and oxygen atoms in total. The summed E-state index contributed by atoms with van der Waals surface area (Å²) in [4.78, 5) is 20.3. The lowest BCUT2D eigenvalue weighted by atomic mass is 9.89. The lowest BCUT2D eigenvalue weighted by molar-refractivity contribution is 0.0600. The van der Waals surface area contributed by atoms with E-state index in [1.807, 2.05) is 12.1 Å². The summed E-state index contributed by atoms with van der Waals surface area (Å²) in [5.41, 5.74) is 3.76. The average Bonchev–Trinajstić information content (AvgIpc) is 2.54. The van der Waals surface area contributed by atoms with Crippen LogP contribution in [0.15, 0.2) is 42.7 Å².